The van der Waals surface area contributed by atoms with Crippen molar-refractivity contribution in [3.63, 3.8) is 0 Å². The molecule has 4 rings (SSSR count). The van der Waals surface area contributed by atoms with E-state index in [4.69, 9.17) is 18.9 Å². The third-order valence-electron chi connectivity index (χ3n) is 5.60. The van der Waals surface area contributed by atoms with Gasteiger partial charge in [0.05, 0.1) is 13.2 Å². The fraction of sp³-hybridized carbons (Fsp3) is 0.346. The van der Waals surface area contributed by atoms with E-state index in [1.165, 1.54) is 0 Å². The van der Waals surface area contributed by atoms with Crippen LogP contribution in [0.15, 0.2) is 54.7 Å². The van der Waals surface area contributed by atoms with E-state index in [0.717, 1.165) is 0 Å². The number of nitrogens with zero attached hydrogens (tertiary/aromatic N) is 3. The van der Waals surface area contributed by atoms with E-state index in [0.29, 0.717) is 66.9 Å². The number of nitrogens with one attached hydrogen (secondary N) is 1. The zero-order chi connectivity index (χ0) is 25.5. The smallest absolute Gasteiger partial charge is 0.257 e. The molecule has 2 heterocycles. The second-order valence-corrected chi connectivity index (χ2v) is 8.24. The number of rotatable bonds is 9. The third-order valence-corrected chi connectivity index (χ3v) is 5.60. The van der Waals surface area contributed by atoms with E-state index < -0.39 is 6.29 Å². The van der Waals surface area contributed by atoms with E-state index in [1.807, 2.05) is 6.92 Å². The van der Waals surface area contributed by atoms with E-state index in [2.05, 4.69) is 10.4 Å². The van der Waals surface area contributed by atoms with Crippen molar-refractivity contribution in [1.29, 1.82) is 0 Å². The van der Waals surface area contributed by atoms with Crippen LogP contribution in [0.5, 0.6) is 17.2 Å². The molecule has 0 spiro atoms. The van der Waals surface area contributed by atoms with Gasteiger partial charge in [-0.2, -0.15) is 5.10 Å². The zero-order valence-corrected chi connectivity index (χ0v) is 20.6. The number of aromatic nitrogens is 2. The predicted octanol–water partition coefficient (Wildman–Crippen LogP) is 3.70. The second kappa shape index (κ2) is 11.7. The molecule has 1 aliphatic heterocycles. The Morgan fingerprint density at radius 1 is 1.03 bits per heavy atom. The molecule has 36 heavy (non-hydrogen) atoms. The summed E-state index contributed by atoms with van der Waals surface area (Å²) in [6, 6.07) is 13.5. The van der Waals surface area contributed by atoms with E-state index in [9.17, 15) is 9.59 Å². The lowest BCUT2D eigenvalue weighted by atomic mass is 10.1. The Morgan fingerprint density at radius 3 is 2.39 bits per heavy atom. The molecule has 1 unspecified atom stereocenters. The Bertz CT molecular complexity index is 1180. The molecule has 3 aromatic rings. The number of aryl methyl sites for hydroxylation is 1. The highest BCUT2D eigenvalue weighted by molar-refractivity contribution is 6.04. The molecule has 1 N–H and O–H groups in total. The Hall–Kier alpha value is -3.89. The second-order valence-electron chi connectivity index (χ2n) is 8.24. The molecule has 1 aliphatic rings. The lowest BCUT2D eigenvalue weighted by Crippen LogP contribution is -2.40. The summed E-state index contributed by atoms with van der Waals surface area (Å²) in [4.78, 5) is 27.4. The van der Waals surface area contributed by atoms with Gasteiger partial charge in [-0.05, 0) is 36.4 Å². The molecule has 1 saturated heterocycles. The summed E-state index contributed by atoms with van der Waals surface area (Å²) in [5.41, 5.74) is 0.904. The Morgan fingerprint density at radius 2 is 1.75 bits per heavy atom. The number of hydrogen-bond acceptors (Lipinski definition) is 7. The molecular formula is C26H30N4O6. The SMILES string of the molecule is CCC(OC)Oc1cc(Oc2ccc(C(=O)N3CCOCC3)cc2)cc(C(=O)Nc2ccn(C)n2)c1. The van der Waals surface area contributed by atoms with Crippen LogP contribution >= 0.6 is 0 Å². The molecule has 190 valence electrons. The maximum Gasteiger partial charge on any atom is 0.257 e. The lowest BCUT2D eigenvalue weighted by molar-refractivity contribution is -0.0549. The fourth-order valence-electron chi connectivity index (χ4n) is 3.70. The van der Waals surface area contributed by atoms with Gasteiger partial charge in [-0.3, -0.25) is 14.3 Å². The molecule has 2 amide bonds. The molecule has 0 radical (unpaired) electrons. The highest BCUT2D eigenvalue weighted by atomic mass is 16.7. The van der Waals surface area contributed by atoms with Crippen LogP contribution in [0.1, 0.15) is 34.1 Å². The van der Waals surface area contributed by atoms with Crippen molar-refractivity contribution >= 4 is 17.6 Å². The van der Waals surface area contributed by atoms with Gasteiger partial charge in [0.25, 0.3) is 11.8 Å². The first-order valence-corrected chi connectivity index (χ1v) is 11.8. The minimum Gasteiger partial charge on any atom is -0.465 e. The third kappa shape index (κ3) is 6.41. The van der Waals surface area contributed by atoms with Crippen molar-refractivity contribution in [1.82, 2.24) is 14.7 Å². The molecule has 0 saturated carbocycles. The Balaban J connectivity index is 1.53. The highest BCUT2D eigenvalue weighted by Crippen LogP contribution is 2.29. The lowest BCUT2D eigenvalue weighted by Gasteiger charge is -2.26. The highest BCUT2D eigenvalue weighted by Gasteiger charge is 2.19. The zero-order valence-electron chi connectivity index (χ0n) is 20.6. The average Bonchev–Trinajstić information content (AvgIpc) is 3.31. The van der Waals surface area contributed by atoms with Crippen molar-refractivity contribution < 1.29 is 28.5 Å². The molecule has 0 bridgehead atoms. The topological polar surface area (TPSA) is 104 Å². The normalized spacial score (nSPS) is 14.2. The van der Waals surface area contributed by atoms with Crippen LogP contribution in [-0.4, -0.2) is 66.2 Å². The molecule has 0 aliphatic carbocycles. The van der Waals surface area contributed by atoms with Gasteiger partial charge in [0.2, 0.25) is 0 Å². The summed E-state index contributed by atoms with van der Waals surface area (Å²) in [7, 11) is 3.33. The van der Waals surface area contributed by atoms with E-state index in [1.54, 1.807) is 78.5 Å². The maximum atomic E-state index is 12.9. The van der Waals surface area contributed by atoms with Gasteiger partial charge in [-0.1, -0.05) is 6.92 Å². The molecular weight excluding hydrogens is 464 g/mol. The number of methoxy groups -OCH3 is 1. The largest absolute Gasteiger partial charge is 0.465 e. The molecule has 10 nitrogen and oxygen atoms in total. The first-order chi connectivity index (χ1) is 17.4. The van der Waals surface area contributed by atoms with Crippen LogP contribution in [0, 0.1) is 0 Å². The van der Waals surface area contributed by atoms with Gasteiger partial charge in [-0.25, -0.2) is 0 Å². The quantitative estimate of drug-likeness (QED) is 0.453. The molecule has 10 heteroatoms. The van der Waals surface area contributed by atoms with Gasteiger partial charge < -0.3 is 29.2 Å². The number of carbonyl (C=O) groups is 2. The van der Waals surface area contributed by atoms with E-state index in [-0.39, 0.29) is 11.8 Å². The van der Waals surface area contributed by atoms with Crippen molar-refractivity contribution in [2.75, 3.05) is 38.7 Å². The van der Waals surface area contributed by atoms with Crippen molar-refractivity contribution in [2.24, 2.45) is 7.05 Å². The van der Waals surface area contributed by atoms with Gasteiger partial charge in [0.15, 0.2) is 12.1 Å². The summed E-state index contributed by atoms with van der Waals surface area (Å²) in [6.07, 6.45) is 1.88. The Labute approximate surface area is 209 Å². The minimum absolute atomic E-state index is 0.0427. The van der Waals surface area contributed by atoms with Crippen LogP contribution in [0.25, 0.3) is 0 Å². The van der Waals surface area contributed by atoms with E-state index >= 15 is 0 Å². The van der Waals surface area contributed by atoms with Crippen LogP contribution in [-0.2, 0) is 16.5 Å². The summed E-state index contributed by atoms with van der Waals surface area (Å²) in [5, 5.41) is 6.95. The van der Waals surface area contributed by atoms with Crippen molar-refractivity contribution in [2.45, 2.75) is 19.6 Å². The molecule has 1 atom stereocenters. The number of hydrogen-bond donors (Lipinski definition) is 1. The van der Waals surface area contributed by atoms with Crippen molar-refractivity contribution in [3.05, 3.63) is 65.9 Å². The minimum atomic E-state index is -0.475. The number of anilines is 1. The number of ether oxygens (including phenoxy) is 4. The number of benzene rings is 2. The first kappa shape index (κ1) is 25.2. The van der Waals surface area contributed by atoms with Gasteiger partial charge in [-0.15, -0.1) is 0 Å². The molecule has 1 fully saturated rings. The number of morpholine rings is 1. The standard InChI is InChI=1S/C26H30N4O6/c1-4-24(33-3)36-22-16-19(25(31)27-23-9-10-29(2)28-23)15-21(17-22)35-20-7-5-18(6-8-20)26(32)30-11-13-34-14-12-30/h5-10,15-17,24H,4,11-14H2,1-3H3,(H,27,28,31). The monoisotopic (exact) mass is 494 g/mol. The average molecular weight is 495 g/mol. The van der Waals surface area contributed by atoms with Gasteiger partial charge >= 0.3 is 0 Å². The van der Waals surface area contributed by atoms with Gasteiger partial charge in [0.1, 0.15) is 17.2 Å². The van der Waals surface area contributed by atoms with Crippen LogP contribution in [0.2, 0.25) is 0 Å². The fourth-order valence-corrected chi connectivity index (χ4v) is 3.70. The summed E-state index contributed by atoms with van der Waals surface area (Å²) >= 11 is 0. The Kier molecular flexibility index (Phi) is 8.19. The summed E-state index contributed by atoms with van der Waals surface area (Å²) in [5.74, 6) is 1.36. The number of carbonyl (C=O) groups excluding carboxylic acids is 2. The maximum absolute atomic E-state index is 12.9. The van der Waals surface area contributed by atoms with Crippen molar-refractivity contribution in [3.8, 4) is 17.2 Å². The number of amides is 2. The summed E-state index contributed by atoms with van der Waals surface area (Å²) < 4.78 is 24.2. The van der Waals surface area contributed by atoms with Crippen LogP contribution < -0.4 is 14.8 Å². The molecule has 1 aromatic heterocycles. The van der Waals surface area contributed by atoms with Gasteiger partial charge in [0, 0.05) is 63.1 Å². The predicted molar refractivity (Wildman–Crippen MR) is 133 cm³/mol. The summed E-state index contributed by atoms with van der Waals surface area (Å²) in [6.45, 7) is 4.18. The molecule has 2 aromatic carbocycles. The first-order valence-electron chi connectivity index (χ1n) is 11.8. The van der Waals surface area contributed by atoms with Crippen LogP contribution in [0.4, 0.5) is 5.82 Å². The van der Waals surface area contributed by atoms with Crippen LogP contribution in [0.3, 0.4) is 0 Å².